The van der Waals surface area contributed by atoms with Crippen molar-refractivity contribution in [1.29, 1.82) is 0 Å². The van der Waals surface area contributed by atoms with Gasteiger partial charge in [0.25, 0.3) is 10.1 Å². The van der Waals surface area contributed by atoms with E-state index in [1.54, 1.807) is 0 Å². The second-order valence-electron chi connectivity index (χ2n) is 4.12. The molecule has 10 nitrogen and oxygen atoms in total. The van der Waals surface area contributed by atoms with Crippen LogP contribution in [-0.2, 0) is 19.2 Å². The van der Waals surface area contributed by atoms with Gasteiger partial charge in [0.05, 0.1) is 4.90 Å². The third-order valence-electron chi connectivity index (χ3n) is 2.21. The molecule has 21 heavy (non-hydrogen) atoms. The third-order valence-corrected chi connectivity index (χ3v) is 4.50. The van der Waals surface area contributed by atoms with Crippen molar-refractivity contribution in [2.45, 2.75) is 4.90 Å². The van der Waals surface area contributed by atoms with E-state index >= 15 is 0 Å². The summed E-state index contributed by atoms with van der Waals surface area (Å²) in [4.78, 5) is 35.9. The largest absolute Gasteiger partial charge is 0.348 e. The Morgan fingerprint density at radius 3 is 1.57 bits per heavy atom. The zero-order valence-electron chi connectivity index (χ0n) is 10.3. The van der Waals surface area contributed by atoms with Crippen LogP contribution >= 0.6 is 15.2 Å². The van der Waals surface area contributed by atoms with Crippen molar-refractivity contribution < 1.29 is 41.7 Å². The van der Waals surface area contributed by atoms with Crippen molar-refractivity contribution >= 4 is 31.0 Å². The van der Waals surface area contributed by atoms with Gasteiger partial charge in [-0.3, -0.25) is 13.7 Å². The fourth-order valence-corrected chi connectivity index (χ4v) is 3.54. The van der Waals surface area contributed by atoms with Crippen LogP contribution in [0.15, 0.2) is 29.2 Å². The van der Waals surface area contributed by atoms with Gasteiger partial charge in [-0.25, -0.2) is 0 Å². The van der Waals surface area contributed by atoms with Gasteiger partial charge in [0.15, 0.2) is 0 Å². The van der Waals surface area contributed by atoms with Crippen LogP contribution in [0.3, 0.4) is 0 Å². The van der Waals surface area contributed by atoms with Crippen LogP contribution in [0.25, 0.3) is 0 Å². The predicted molar refractivity (Wildman–Crippen MR) is 72.6 cm³/mol. The Morgan fingerprint density at radius 1 is 0.905 bits per heavy atom. The lowest BCUT2D eigenvalue weighted by molar-refractivity contribution is 0.366. The van der Waals surface area contributed by atoms with Crippen LogP contribution in [0.1, 0.15) is 0 Å². The first-order chi connectivity index (χ1) is 9.28. The fourth-order valence-electron chi connectivity index (χ4n) is 1.48. The van der Waals surface area contributed by atoms with Gasteiger partial charge in [-0.15, -0.1) is 0 Å². The molecule has 0 aliphatic carbocycles. The maximum Gasteiger partial charge on any atom is 0.344 e. The topological polar surface area (TPSA) is 173 Å². The average molecular weight is 361 g/mol. The predicted octanol–water partition coefficient (Wildman–Crippen LogP) is 0.0101. The Bertz CT molecular complexity index is 665. The Labute approximate surface area is 120 Å². The lowest BCUT2D eigenvalue weighted by atomic mass is 10.3. The van der Waals surface area contributed by atoms with Crippen LogP contribution in [0, 0.1) is 0 Å². The molecule has 0 aromatic heterocycles. The summed E-state index contributed by atoms with van der Waals surface area (Å²) < 4.78 is 52.5. The van der Waals surface area contributed by atoms with Crippen molar-refractivity contribution in [3.63, 3.8) is 0 Å². The molecule has 0 fully saturated rings. The molecule has 0 radical (unpaired) electrons. The summed E-state index contributed by atoms with van der Waals surface area (Å²) in [6, 6.07) is 4.01. The first-order valence-electron chi connectivity index (χ1n) is 5.20. The van der Waals surface area contributed by atoms with E-state index in [1.807, 2.05) is 0 Å². The second-order valence-corrected chi connectivity index (χ2v) is 8.77. The van der Waals surface area contributed by atoms with E-state index in [2.05, 4.69) is 0 Å². The van der Waals surface area contributed by atoms with Crippen LogP contribution in [-0.4, -0.2) is 45.1 Å². The van der Waals surface area contributed by atoms with Crippen molar-refractivity contribution in [1.82, 2.24) is 0 Å². The molecule has 0 heterocycles. The minimum atomic E-state index is -4.60. The molecule has 120 valence electrons. The van der Waals surface area contributed by atoms with E-state index in [9.17, 15) is 17.5 Å². The highest BCUT2D eigenvalue weighted by Gasteiger charge is 2.26. The SMILES string of the molecule is O=P(O)(O)CN(CP(=O)(O)O)c1ccc(S(=O)(=O)O)cc1. The normalized spacial score (nSPS) is 13.2. The maximum atomic E-state index is 11.0. The number of rotatable bonds is 6. The van der Waals surface area contributed by atoms with E-state index in [0.717, 1.165) is 29.2 Å². The molecule has 0 amide bonds. The molecule has 1 rings (SSSR count). The molecule has 0 saturated carbocycles. The summed E-state index contributed by atoms with van der Waals surface area (Å²) in [6.45, 7) is 0. The molecule has 13 heteroatoms. The minimum absolute atomic E-state index is 0.0194. The highest BCUT2D eigenvalue weighted by Crippen LogP contribution is 2.42. The number of nitrogens with zero attached hydrogens (tertiary/aromatic N) is 1. The van der Waals surface area contributed by atoms with Crippen molar-refractivity contribution in [3.05, 3.63) is 24.3 Å². The fraction of sp³-hybridized carbons (Fsp3) is 0.250. The number of benzene rings is 1. The molecule has 0 unspecified atom stereocenters. The monoisotopic (exact) mass is 361 g/mol. The van der Waals surface area contributed by atoms with E-state index in [-0.39, 0.29) is 5.69 Å². The van der Waals surface area contributed by atoms with Gasteiger partial charge in [0.2, 0.25) is 0 Å². The second kappa shape index (κ2) is 6.15. The highest BCUT2D eigenvalue weighted by molar-refractivity contribution is 7.85. The quantitative estimate of drug-likeness (QED) is 0.343. The molecule has 0 aliphatic rings. The van der Waals surface area contributed by atoms with Crippen LogP contribution in [0.5, 0.6) is 0 Å². The summed E-state index contributed by atoms with van der Waals surface area (Å²) in [7, 11) is -13.6. The van der Waals surface area contributed by atoms with Gasteiger partial charge >= 0.3 is 15.2 Å². The molecule has 0 atom stereocenters. The highest BCUT2D eigenvalue weighted by atomic mass is 32.2. The van der Waals surface area contributed by atoms with E-state index in [4.69, 9.17) is 24.1 Å². The molecule has 0 saturated heterocycles. The molecule has 0 aliphatic heterocycles. The Balaban J connectivity index is 3.14. The maximum absolute atomic E-state index is 11.0. The molecule has 0 bridgehead atoms. The molecule has 5 N–H and O–H groups in total. The lowest BCUT2D eigenvalue weighted by Crippen LogP contribution is -2.25. The van der Waals surface area contributed by atoms with E-state index in [0.29, 0.717) is 0 Å². The van der Waals surface area contributed by atoms with Gasteiger partial charge in [0.1, 0.15) is 12.6 Å². The number of anilines is 1. The summed E-state index contributed by atoms with van der Waals surface area (Å²) >= 11 is 0. The first kappa shape index (κ1) is 18.3. The minimum Gasteiger partial charge on any atom is -0.348 e. The molecule has 0 spiro atoms. The summed E-state index contributed by atoms with van der Waals surface area (Å²) in [5, 5.41) is 0. The molecular formula is C8H13NO9P2S. The van der Waals surface area contributed by atoms with Gasteiger partial charge in [-0.2, -0.15) is 8.42 Å². The summed E-state index contributed by atoms with van der Waals surface area (Å²) in [5.41, 5.74) is -0.0194. The number of hydrogen-bond donors (Lipinski definition) is 5. The first-order valence-corrected chi connectivity index (χ1v) is 10.2. The lowest BCUT2D eigenvalue weighted by Gasteiger charge is -2.25. The standard InChI is InChI=1S/C8H13NO9P2S/c10-19(11,12)5-9(6-20(13,14)15)7-1-3-8(4-2-7)21(16,17)18/h1-4H,5-6H2,(H2,10,11,12)(H2,13,14,15)(H,16,17,18). The van der Waals surface area contributed by atoms with Crippen LogP contribution in [0.2, 0.25) is 0 Å². The van der Waals surface area contributed by atoms with Gasteiger partial charge in [0, 0.05) is 5.69 Å². The van der Waals surface area contributed by atoms with E-state index in [1.165, 1.54) is 0 Å². The molecular weight excluding hydrogens is 348 g/mol. The van der Waals surface area contributed by atoms with Crippen LogP contribution < -0.4 is 4.90 Å². The van der Waals surface area contributed by atoms with E-state index < -0.39 is 42.8 Å². The Hall–Kier alpha value is -0.770. The van der Waals surface area contributed by atoms with Crippen molar-refractivity contribution in [2.24, 2.45) is 0 Å². The third kappa shape index (κ3) is 6.68. The van der Waals surface area contributed by atoms with Gasteiger partial charge in [-0.05, 0) is 24.3 Å². The Morgan fingerprint density at radius 2 is 1.29 bits per heavy atom. The molecule has 1 aromatic rings. The van der Waals surface area contributed by atoms with Gasteiger partial charge < -0.3 is 24.5 Å². The Kier molecular flexibility index (Phi) is 5.36. The smallest absolute Gasteiger partial charge is 0.344 e. The van der Waals surface area contributed by atoms with Crippen molar-refractivity contribution in [2.75, 3.05) is 17.5 Å². The number of hydrogen-bond acceptors (Lipinski definition) is 5. The van der Waals surface area contributed by atoms with Crippen molar-refractivity contribution in [3.8, 4) is 0 Å². The average Bonchev–Trinajstić information content (AvgIpc) is 2.23. The zero-order chi connectivity index (χ0) is 16.5. The summed E-state index contributed by atoms with van der Waals surface area (Å²) in [6.07, 6.45) is -1.91. The van der Waals surface area contributed by atoms with Crippen LogP contribution in [0.4, 0.5) is 5.69 Å². The molecule has 1 aromatic carbocycles. The zero-order valence-corrected chi connectivity index (χ0v) is 12.9. The van der Waals surface area contributed by atoms with Gasteiger partial charge in [-0.1, -0.05) is 0 Å². The summed E-state index contributed by atoms with van der Waals surface area (Å²) in [5.74, 6) is 0.